The van der Waals surface area contributed by atoms with Crippen LogP contribution < -0.4 is 4.89 Å². The number of carbonyl (C=O) groups is 2. The Hall–Kier alpha value is -3.33. The summed E-state index contributed by atoms with van der Waals surface area (Å²) in [7, 11) is 1.07. The van der Waals surface area contributed by atoms with Gasteiger partial charge in [0.1, 0.15) is 19.8 Å². The largest absolute Gasteiger partial charge is 0.756 e. The van der Waals surface area contributed by atoms with Gasteiger partial charge < -0.3 is 27.9 Å². The number of nitrogens with zero attached hydrogens (tertiary/aromatic N) is 1. The molecule has 10 heteroatoms. The standard InChI is InChI=1S/C48H78NO8P/c1-6-8-10-12-14-16-18-20-22-23-24-25-27-29-31-33-35-37-39-41-48(51)57-46(45-56-58(52,53)55-43-42-49(3,4)5)44-54-47(50)40-38-36-34-32-30-28-26-21-19-17-15-13-11-9-7-2/h9,11,14-17,20-22,24-26,29-32,35,37,46H,6-8,10,12-13,18-19,23,27-28,33-34,36,38-45H2,1-5H3/b11-9+,16-14+,17-15+,22-20+,25-24+,26-21+,31-29+,32-30+,37-35+/t46-/m1/s1. The number of hydrogen-bond acceptors (Lipinski definition) is 8. The number of allylic oxidation sites excluding steroid dienone is 18. The van der Waals surface area contributed by atoms with Crippen LogP contribution >= 0.6 is 7.82 Å². The average Bonchev–Trinajstić information content (AvgIpc) is 3.17. The summed E-state index contributed by atoms with van der Waals surface area (Å²) in [5.74, 6) is -0.993. The molecule has 0 fully saturated rings. The van der Waals surface area contributed by atoms with Crippen LogP contribution in [0.25, 0.3) is 0 Å². The molecule has 0 saturated heterocycles. The highest BCUT2D eigenvalue weighted by atomic mass is 31.2. The van der Waals surface area contributed by atoms with Crippen LogP contribution in [-0.2, 0) is 32.7 Å². The van der Waals surface area contributed by atoms with Gasteiger partial charge in [-0.3, -0.25) is 14.2 Å². The van der Waals surface area contributed by atoms with Crippen molar-refractivity contribution < 1.29 is 42.1 Å². The van der Waals surface area contributed by atoms with Crippen molar-refractivity contribution in [1.29, 1.82) is 0 Å². The van der Waals surface area contributed by atoms with Crippen molar-refractivity contribution >= 4 is 19.8 Å². The summed E-state index contributed by atoms with van der Waals surface area (Å²) in [5.41, 5.74) is 0. The molecule has 0 aliphatic rings. The third kappa shape index (κ3) is 42.3. The van der Waals surface area contributed by atoms with Crippen LogP contribution in [0.3, 0.4) is 0 Å². The van der Waals surface area contributed by atoms with Gasteiger partial charge in [0.25, 0.3) is 7.82 Å². The molecule has 0 amide bonds. The summed E-state index contributed by atoms with van der Waals surface area (Å²) >= 11 is 0. The zero-order valence-corrected chi connectivity index (χ0v) is 37.6. The summed E-state index contributed by atoms with van der Waals surface area (Å²) in [5, 5.41) is 0. The number of carbonyl (C=O) groups excluding carboxylic acids is 2. The highest BCUT2D eigenvalue weighted by molar-refractivity contribution is 7.45. The van der Waals surface area contributed by atoms with Crippen LogP contribution in [0, 0.1) is 0 Å². The molecule has 58 heavy (non-hydrogen) atoms. The fourth-order valence-corrected chi connectivity index (χ4v) is 5.65. The number of esters is 2. The van der Waals surface area contributed by atoms with E-state index in [1.807, 2.05) is 33.3 Å². The van der Waals surface area contributed by atoms with Crippen molar-refractivity contribution in [2.45, 2.75) is 136 Å². The van der Waals surface area contributed by atoms with E-state index in [1.165, 1.54) is 25.7 Å². The lowest BCUT2D eigenvalue weighted by atomic mass is 10.2. The summed E-state index contributed by atoms with van der Waals surface area (Å²) < 4.78 is 33.7. The first-order chi connectivity index (χ1) is 28.0. The predicted octanol–water partition coefficient (Wildman–Crippen LogP) is 11.7. The average molecular weight is 828 g/mol. The lowest BCUT2D eigenvalue weighted by molar-refractivity contribution is -0.870. The molecule has 0 bridgehead atoms. The molecule has 1 unspecified atom stereocenters. The highest BCUT2D eigenvalue weighted by Crippen LogP contribution is 2.38. The van der Waals surface area contributed by atoms with Gasteiger partial charge in [0.05, 0.1) is 27.7 Å². The molecule has 0 N–H and O–H groups in total. The Morgan fingerprint density at radius 2 is 1.00 bits per heavy atom. The van der Waals surface area contributed by atoms with Crippen molar-refractivity contribution in [3.63, 3.8) is 0 Å². The van der Waals surface area contributed by atoms with Crippen molar-refractivity contribution in [3.05, 3.63) is 109 Å². The molecule has 0 rings (SSSR count). The Bertz CT molecular complexity index is 1350. The second-order valence-corrected chi connectivity index (χ2v) is 16.4. The Kier molecular flexibility index (Phi) is 36.9. The van der Waals surface area contributed by atoms with E-state index in [0.29, 0.717) is 23.9 Å². The van der Waals surface area contributed by atoms with E-state index in [9.17, 15) is 19.0 Å². The van der Waals surface area contributed by atoms with Crippen LogP contribution in [0.15, 0.2) is 109 Å². The quantitative estimate of drug-likeness (QED) is 0.0200. The lowest BCUT2D eigenvalue weighted by Crippen LogP contribution is -2.37. The SMILES string of the molecule is CC/C=C/C/C=C/C/C=C/C/C=C/CCCCC(=O)OC[C@H](COP(=O)([O-])OCC[N+](C)(C)C)OC(=O)CC/C=C/C/C=C/C/C=C/C/C=C/C/C=C/CCCCC. The zero-order chi connectivity index (χ0) is 42.8. The number of likely N-dealkylation sites (N-methyl/N-ethyl adjacent to an activating group) is 1. The first kappa shape index (κ1) is 54.7. The topological polar surface area (TPSA) is 111 Å². The maximum atomic E-state index is 12.6. The lowest BCUT2D eigenvalue weighted by Gasteiger charge is -2.28. The van der Waals surface area contributed by atoms with E-state index in [-0.39, 0.29) is 26.1 Å². The van der Waals surface area contributed by atoms with Gasteiger partial charge in [0.15, 0.2) is 6.10 Å². The number of rotatable bonds is 37. The molecular formula is C48H78NO8P. The second-order valence-electron chi connectivity index (χ2n) is 15.0. The van der Waals surface area contributed by atoms with Gasteiger partial charge in [-0.05, 0) is 89.9 Å². The van der Waals surface area contributed by atoms with Gasteiger partial charge >= 0.3 is 11.9 Å². The van der Waals surface area contributed by atoms with Gasteiger partial charge in [0, 0.05) is 12.8 Å². The monoisotopic (exact) mass is 828 g/mol. The maximum absolute atomic E-state index is 12.6. The zero-order valence-electron chi connectivity index (χ0n) is 36.7. The van der Waals surface area contributed by atoms with E-state index < -0.39 is 32.5 Å². The minimum Gasteiger partial charge on any atom is -0.756 e. The Labute approximate surface area is 353 Å². The predicted molar refractivity (Wildman–Crippen MR) is 240 cm³/mol. The summed E-state index contributed by atoms with van der Waals surface area (Å²) in [6.45, 7) is 3.91. The van der Waals surface area contributed by atoms with Crippen molar-refractivity contribution in [2.75, 3.05) is 47.5 Å². The maximum Gasteiger partial charge on any atom is 0.306 e. The van der Waals surface area contributed by atoms with Crippen molar-refractivity contribution in [2.24, 2.45) is 0 Å². The smallest absolute Gasteiger partial charge is 0.306 e. The van der Waals surface area contributed by atoms with Gasteiger partial charge in [-0.1, -0.05) is 136 Å². The molecule has 0 heterocycles. The number of phosphoric acid groups is 1. The van der Waals surface area contributed by atoms with E-state index in [2.05, 4.69) is 111 Å². The molecule has 0 spiro atoms. The molecular weight excluding hydrogens is 750 g/mol. The Morgan fingerprint density at radius 1 is 0.552 bits per heavy atom. The number of phosphoric ester groups is 1. The Balaban J connectivity index is 4.60. The Morgan fingerprint density at radius 3 is 1.47 bits per heavy atom. The van der Waals surface area contributed by atoms with E-state index in [4.69, 9.17) is 18.5 Å². The second kappa shape index (κ2) is 39.1. The molecule has 0 aliphatic carbocycles. The van der Waals surface area contributed by atoms with E-state index in [0.717, 1.165) is 64.2 Å². The molecule has 0 radical (unpaired) electrons. The van der Waals surface area contributed by atoms with Crippen molar-refractivity contribution in [1.82, 2.24) is 0 Å². The molecule has 9 nitrogen and oxygen atoms in total. The van der Waals surface area contributed by atoms with Crippen molar-refractivity contribution in [3.8, 4) is 0 Å². The van der Waals surface area contributed by atoms with E-state index in [1.54, 1.807) is 0 Å². The number of quaternary nitrogens is 1. The summed E-state index contributed by atoms with van der Waals surface area (Å²) in [4.78, 5) is 37.5. The van der Waals surface area contributed by atoms with Crippen LogP contribution in [0.5, 0.6) is 0 Å². The first-order valence-electron chi connectivity index (χ1n) is 21.6. The van der Waals surface area contributed by atoms with Gasteiger partial charge in [-0.2, -0.15) is 0 Å². The molecule has 0 aromatic carbocycles. The van der Waals surface area contributed by atoms with Crippen LogP contribution in [-0.4, -0.2) is 70.0 Å². The molecule has 0 aromatic rings. The fraction of sp³-hybridized carbons (Fsp3) is 0.583. The number of unbranched alkanes of at least 4 members (excludes halogenated alkanes) is 5. The molecule has 0 aliphatic heterocycles. The minimum atomic E-state index is -4.66. The van der Waals surface area contributed by atoms with Crippen LogP contribution in [0.1, 0.15) is 129 Å². The van der Waals surface area contributed by atoms with Gasteiger partial charge in [-0.25, -0.2) is 0 Å². The van der Waals surface area contributed by atoms with Gasteiger partial charge in [-0.15, -0.1) is 0 Å². The normalized spacial score (nSPS) is 14.7. The van der Waals surface area contributed by atoms with Gasteiger partial charge in [0.2, 0.25) is 0 Å². The molecule has 2 atom stereocenters. The summed E-state index contributed by atoms with van der Waals surface area (Å²) in [6.07, 6.45) is 52.8. The summed E-state index contributed by atoms with van der Waals surface area (Å²) in [6, 6.07) is 0. The van der Waals surface area contributed by atoms with Crippen LogP contribution in [0.2, 0.25) is 0 Å². The minimum absolute atomic E-state index is 0.0575. The van der Waals surface area contributed by atoms with Crippen LogP contribution in [0.4, 0.5) is 0 Å². The third-order valence-corrected chi connectivity index (χ3v) is 9.25. The molecule has 328 valence electrons. The number of ether oxygens (including phenoxy) is 2. The molecule has 0 saturated carbocycles. The number of hydrogen-bond donors (Lipinski definition) is 0. The van der Waals surface area contributed by atoms with E-state index >= 15 is 0 Å². The first-order valence-corrected chi connectivity index (χ1v) is 23.1. The fourth-order valence-electron chi connectivity index (χ4n) is 4.92. The highest BCUT2D eigenvalue weighted by Gasteiger charge is 2.21. The third-order valence-electron chi connectivity index (χ3n) is 8.29. The molecule has 0 aromatic heterocycles.